The van der Waals surface area contributed by atoms with E-state index >= 15 is 0 Å². The summed E-state index contributed by atoms with van der Waals surface area (Å²) >= 11 is 0. The van der Waals surface area contributed by atoms with Crippen molar-refractivity contribution in [3.63, 3.8) is 0 Å². The Morgan fingerprint density at radius 2 is 1.77 bits per heavy atom. The smallest absolute Gasteiger partial charge is 0.156 e. The molecule has 0 fully saturated rings. The first-order valence-corrected chi connectivity index (χ1v) is 13.1. The molecule has 5 heterocycles. The van der Waals surface area contributed by atoms with Gasteiger partial charge in [0.25, 0.3) is 0 Å². The standard InChI is InChI=1S/C29H29FN8O2/c1-19(17-39)37-16-22(12-34-37)21-11-26-28(33-18-35-38(26)15-21)36-9-7-20(8-10-36)27-31-13-24(14-32-27)29(2,40)23-3-5-25(30)6-4-23/h3-7,11-16,18-19,39-40H,8-10,17H2,1-2H3/t19-,29-/m0/s1. The van der Waals surface area contributed by atoms with Gasteiger partial charge in [-0.05, 0) is 49.6 Å². The van der Waals surface area contributed by atoms with Crippen LogP contribution in [0, 0.1) is 5.82 Å². The third kappa shape index (κ3) is 4.74. The predicted octanol–water partition coefficient (Wildman–Crippen LogP) is 3.62. The Balaban J connectivity index is 1.20. The SMILES string of the molecule is C[C@@H](CO)n1cc(-c2cc3c(N4CC=C(c5ncc([C@@](C)(O)c6ccc(F)cc6)cn5)CC4)ncnn3c2)cn1. The number of fused-ring (bicyclic) bond motifs is 1. The molecule has 6 rings (SSSR count). The van der Waals surface area contributed by atoms with Crippen molar-refractivity contribution in [3.8, 4) is 11.1 Å². The van der Waals surface area contributed by atoms with Gasteiger partial charge in [0.05, 0.1) is 18.8 Å². The van der Waals surface area contributed by atoms with E-state index in [0.717, 1.165) is 41.0 Å². The fourth-order valence-electron chi connectivity index (χ4n) is 4.88. The molecule has 1 aliphatic rings. The molecule has 10 nitrogen and oxygen atoms in total. The molecule has 0 bridgehead atoms. The fraction of sp³-hybridized carbons (Fsp3) is 0.276. The zero-order chi connectivity index (χ0) is 27.9. The van der Waals surface area contributed by atoms with Gasteiger partial charge in [0.2, 0.25) is 0 Å². The molecule has 0 radical (unpaired) electrons. The van der Waals surface area contributed by atoms with Crippen LogP contribution in [-0.2, 0) is 5.60 Å². The van der Waals surface area contributed by atoms with Crippen molar-refractivity contribution in [2.24, 2.45) is 0 Å². The number of hydrogen-bond donors (Lipinski definition) is 2. The van der Waals surface area contributed by atoms with E-state index in [2.05, 4.69) is 36.1 Å². The van der Waals surface area contributed by atoms with Crippen LogP contribution in [0.3, 0.4) is 0 Å². The number of aromatic nitrogens is 7. The zero-order valence-corrected chi connectivity index (χ0v) is 22.2. The van der Waals surface area contributed by atoms with E-state index < -0.39 is 5.60 Å². The largest absolute Gasteiger partial charge is 0.394 e. The lowest BCUT2D eigenvalue weighted by Gasteiger charge is -2.27. The van der Waals surface area contributed by atoms with Crippen molar-refractivity contribution >= 4 is 16.9 Å². The van der Waals surface area contributed by atoms with Gasteiger partial charge in [-0.15, -0.1) is 0 Å². The van der Waals surface area contributed by atoms with Gasteiger partial charge in [0.15, 0.2) is 11.6 Å². The summed E-state index contributed by atoms with van der Waals surface area (Å²) in [6.07, 6.45) is 13.3. The summed E-state index contributed by atoms with van der Waals surface area (Å²) in [7, 11) is 0. The minimum absolute atomic E-state index is 0.0188. The van der Waals surface area contributed by atoms with Gasteiger partial charge in [0, 0.05) is 54.6 Å². The molecular formula is C29H29FN8O2. The summed E-state index contributed by atoms with van der Waals surface area (Å²) in [5, 5.41) is 29.3. The van der Waals surface area contributed by atoms with E-state index in [1.54, 1.807) is 48.7 Å². The van der Waals surface area contributed by atoms with Gasteiger partial charge in [-0.3, -0.25) is 4.68 Å². The quantitative estimate of drug-likeness (QED) is 0.322. The molecule has 4 aromatic heterocycles. The Hall–Kier alpha value is -4.48. The number of halogens is 1. The topological polar surface area (TPSA) is 117 Å². The first-order valence-electron chi connectivity index (χ1n) is 13.1. The minimum atomic E-state index is -1.34. The zero-order valence-electron chi connectivity index (χ0n) is 22.2. The second kappa shape index (κ2) is 10.2. The fourth-order valence-corrected chi connectivity index (χ4v) is 4.88. The molecule has 1 aromatic carbocycles. The van der Waals surface area contributed by atoms with E-state index in [0.29, 0.717) is 23.5 Å². The van der Waals surface area contributed by atoms with E-state index in [9.17, 15) is 14.6 Å². The second-order valence-electron chi connectivity index (χ2n) is 10.2. The lowest BCUT2D eigenvalue weighted by molar-refractivity contribution is 0.101. The van der Waals surface area contributed by atoms with Crippen LogP contribution < -0.4 is 4.90 Å². The summed E-state index contributed by atoms with van der Waals surface area (Å²) in [5.41, 5.74) is 3.58. The third-order valence-corrected chi connectivity index (χ3v) is 7.45. The maximum Gasteiger partial charge on any atom is 0.156 e. The number of benzene rings is 1. The van der Waals surface area contributed by atoms with Gasteiger partial charge in [-0.2, -0.15) is 10.2 Å². The molecular weight excluding hydrogens is 511 g/mol. The highest BCUT2D eigenvalue weighted by Gasteiger charge is 2.27. The average molecular weight is 541 g/mol. The van der Waals surface area contributed by atoms with Crippen LogP contribution in [0.25, 0.3) is 22.2 Å². The van der Waals surface area contributed by atoms with Gasteiger partial charge in [0.1, 0.15) is 23.3 Å². The van der Waals surface area contributed by atoms with E-state index in [-0.39, 0.29) is 18.5 Å². The first kappa shape index (κ1) is 25.8. The van der Waals surface area contributed by atoms with Crippen molar-refractivity contribution in [1.29, 1.82) is 0 Å². The van der Waals surface area contributed by atoms with E-state index in [4.69, 9.17) is 0 Å². The summed E-state index contributed by atoms with van der Waals surface area (Å²) < 4.78 is 16.9. The van der Waals surface area contributed by atoms with Crippen molar-refractivity contribution in [3.05, 3.63) is 96.5 Å². The third-order valence-electron chi connectivity index (χ3n) is 7.45. The van der Waals surface area contributed by atoms with Gasteiger partial charge in [-0.1, -0.05) is 18.2 Å². The maximum absolute atomic E-state index is 13.3. The van der Waals surface area contributed by atoms with E-state index in [1.165, 1.54) is 12.1 Å². The second-order valence-corrected chi connectivity index (χ2v) is 10.2. The lowest BCUT2D eigenvalue weighted by Crippen LogP contribution is -2.30. The molecule has 2 atom stereocenters. The van der Waals surface area contributed by atoms with Crippen LogP contribution >= 0.6 is 0 Å². The number of anilines is 1. The molecule has 0 saturated heterocycles. The van der Waals surface area contributed by atoms with Gasteiger partial charge < -0.3 is 15.1 Å². The van der Waals surface area contributed by atoms with Crippen LogP contribution in [0.15, 0.2) is 73.7 Å². The summed E-state index contributed by atoms with van der Waals surface area (Å²) in [5.74, 6) is 1.09. The molecule has 204 valence electrons. The number of aliphatic hydroxyl groups is 2. The lowest BCUT2D eigenvalue weighted by atomic mass is 9.90. The molecule has 5 aromatic rings. The van der Waals surface area contributed by atoms with Crippen LogP contribution in [-0.4, -0.2) is 64.3 Å². The van der Waals surface area contributed by atoms with Crippen molar-refractivity contribution in [1.82, 2.24) is 34.3 Å². The van der Waals surface area contributed by atoms with Gasteiger partial charge in [-0.25, -0.2) is 23.9 Å². The van der Waals surface area contributed by atoms with Gasteiger partial charge >= 0.3 is 0 Å². The molecule has 40 heavy (non-hydrogen) atoms. The first-order chi connectivity index (χ1) is 19.3. The molecule has 0 aliphatic carbocycles. The number of hydrogen-bond acceptors (Lipinski definition) is 8. The average Bonchev–Trinajstić information content (AvgIpc) is 3.65. The number of rotatable bonds is 7. The Bertz CT molecular complexity index is 1670. The summed E-state index contributed by atoms with van der Waals surface area (Å²) in [6, 6.07) is 7.72. The van der Waals surface area contributed by atoms with Crippen LogP contribution in [0.4, 0.5) is 10.2 Å². The van der Waals surface area contributed by atoms with Crippen molar-refractivity contribution in [2.45, 2.75) is 31.9 Å². The minimum Gasteiger partial charge on any atom is -0.394 e. The van der Waals surface area contributed by atoms with Crippen LogP contribution in [0.5, 0.6) is 0 Å². The van der Waals surface area contributed by atoms with E-state index in [1.807, 2.05) is 29.9 Å². The van der Waals surface area contributed by atoms with Crippen LogP contribution in [0.2, 0.25) is 0 Å². The Labute approximate surface area is 230 Å². The van der Waals surface area contributed by atoms with Crippen LogP contribution in [0.1, 0.15) is 43.3 Å². The predicted molar refractivity (Wildman–Crippen MR) is 148 cm³/mol. The molecule has 0 saturated carbocycles. The normalized spacial score (nSPS) is 16.1. The highest BCUT2D eigenvalue weighted by Crippen LogP contribution is 2.31. The Kier molecular flexibility index (Phi) is 6.60. The number of nitrogens with zero attached hydrogens (tertiary/aromatic N) is 8. The summed E-state index contributed by atoms with van der Waals surface area (Å²) in [4.78, 5) is 15.8. The Morgan fingerprint density at radius 3 is 2.48 bits per heavy atom. The Morgan fingerprint density at radius 1 is 1.00 bits per heavy atom. The highest BCUT2D eigenvalue weighted by atomic mass is 19.1. The highest BCUT2D eigenvalue weighted by molar-refractivity contribution is 5.78. The molecule has 2 N–H and O–H groups in total. The molecule has 0 spiro atoms. The number of aliphatic hydroxyl groups excluding tert-OH is 1. The monoisotopic (exact) mass is 540 g/mol. The molecule has 1 aliphatic heterocycles. The van der Waals surface area contributed by atoms with Crippen molar-refractivity contribution < 1.29 is 14.6 Å². The molecule has 0 unspecified atom stereocenters. The summed E-state index contributed by atoms with van der Waals surface area (Å²) in [6.45, 7) is 4.93. The molecule has 0 amide bonds. The maximum atomic E-state index is 13.3. The van der Waals surface area contributed by atoms with Crippen molar-refractivity contribution in [2.75, 3.05) is 24.6 Å². The molecule has 11 heteroatoms.